The highest BCUT2D eigenvalue weighted by Gasteiger charge is 2.32. The molecule has 7 nitrogen and oxygen atoms in total. The molecule has 0 aliphatic carbocycles. The van der Waals surface area contributed by atoms with Crippen LogP contribution in [-0.2, 0) is 16.1 Å². The molecular formula is C15H17Cl2N5O2. The molecule has 1 aromatic heterocycles. The lowest BCUT2D eigenvalue weighted by molar-refractivity contribution is -0.125. The summed E-state index contributed by atoms with van der Waals surface area (Å²) in [7, 11) is 0. The zero-order valence-corrected chi connectivity index (χ0v) is 14.4. The Morgan fingerprint density at radius 2 is 1.96 bits per heavy atom. The zero-order valence-electron chi connectivity index (χ0n) is 12.9. The molecule has 0 bridgehead atoms. The minimum atomic E-state index is -1.13. The second-order valence-corrected chi connectivity index (χ2v) is 6.33. The van der Waals surface area contributed by atoms with Gasteiger partial charge in [0.1, 0.15) is 5.54 Å². The van der Waals surface area contributed by atoms with Crippen LogP contribution < -0.4 is 16.4 Å². The number of nitrogens with one attached hydrogen (secondary N) is 2. The predicted octanol–water partition coefficient (Wildman–Crippen LogP) is 1.66. The topological polar surface area (TPSA) is 102 Å². The third kappa shape index (κ3) is 4.95. The van der Waals surface area contributed by atoms with Crippen LogP contribution in [0.1, 0.15) is 6.92 Å². The van der Waals surface area contributed by atoms with Gasteiger partial charge in [0.2, 0.25) is 11.8 Å². The van der Waals surface area contributed by atoms with Crippen LogP contribution in [0.2, 0.25) is 10.0 Å². The summed E-state index contributed by atoms with van der Waals surface area (Å²) in [5.74, 6) is -0.946. The molecule has 24 heavy (non-hydrogen) atoms. The van der Waals surface area contributed by atoms with E-state index in [2.05, 4.69) is 15.7 Å². The van der Waals surface area contributed by atoms with Crippen molar-refractivity contribution in [3.8, 4) is 0 Å². The Balaban J connectivity index is 1.98. The summed E-state index contributed by atoms with van der Waals surface area (Å²) in [6.07, 6.45) is 3.30. The van der Waals surface area contributed by atoms with Gasteiger partial charge in [-0.3, -0.25) is 19.6 Å². The smallest absolute Gasteiger partial charge is 0.239 e. The SMILES string of the molecule is CC(Cn1cccn1)(NCC(=O)Nc1cc(Cl)cc(Cl)c1)C(N)=O. The highest BCUT2D eigenvalue weighted by Crippen LogP contribution is 2.22. The fraction of sp³-hybridized carbons (Fsp3) is 0.267. The number of nitrogens with two attached hydrogens (primary N) is 1. The molecule has 0 fully saturated rings. The van der Waals surface area contributed by atoms with E-state index in [0.717, 1.165) is 0 Å². The molecule has 0 radical (unpaired) electrons. The molecule has 1 heterocycles. The Bertz CT molecular complexity index is 715. The van der Waals surface area contributed by atoms with Crippen molar-refractivity contribution in [1.29, 1.82) is 0 Å². The van der Waals surface area contributed by atoms with Crippen LogP contribution >= 0.6 is 23.2 Å². The van der Waals surface area contributed by atoms with E-state index >= 15 is 0 Å². The van der Waals surface area contributed by atoms with Crippen molar-refractivity contribution in [2.75, 3.05) is 11.9 Å². The average molecular weight is 370 g/mol. The Hall–Kier alpha value is -2.09. The molecule has 1 unspecified atom stereocenters. The maximum atomic E-state index is 12.1. The van der Waals surface area contributed by atoms with Gasteiger partial charge in [-0.05, 0) is 31.2 Å². The molecule has 0 aliphatic heterocycles. The third-order valence-electron chi connectivity index (χ3n) is 3.37. The summed E-state index contributed by atoms with van der Waals surface area (Å²) in [6, 6.07) is 6.44. The standard InChI is InChI=1S/C15H17Cl2N5O2/c1-15(14(18)24,9-22-4-2-3-20-22)19-8-13(23)21-12-6-10(16)5-11(17)7-12/h2-7,19H,8-9H2,1H3,(H2,18,24)(H,21,23). The number of hydrogen-bond donors (Lipinski definition) is 3. The molecule has 0 saturated carbocycles. The van der Waals surface area contributed by atoms with E-state index in [1.54, 1.807) is 48.3 Å². The first-order valence-electron chi connectivity index (χ1n) is 7.07. The van der Waals surface area contributed by atoms with Gasteiger partial charge in [0.05, 0.1) is 13.1 Å². The monoisotopic (exact) mass is 369 g/mol. The van der Waals surface area contributed by atoms with Crippen molar-refractivity contribution in [2.45, 2.75) is 19.0 Å². The van der Waals surface area contributed by atoms with E-state index in [1.807, 2.05) is 0 Å². The number of halogens is 2. The van der Waals surface area contributed by atoms with Crippen LogP contribution in [0.25, 0.3) is 0 Å². The summed E-state index contributed by atoms with van der Waals surface area (Å²) in [4.78, 5) is 23.8. The molecule has 2 aromatic rings. The zero-order chi connectivity index (χ0) is 17.7. The highest BCUT2D eigenvalue weighted by molar-refractivity contribution is 6.35. The van der Waals surface area contributed by atoms with Gasteiger partial charge in [-0.15, -0.1) is 0 Å². The van der Waals surface area contributed by atoms with Crippen molar-refractivity contribution >= 4 is 40.7 Å². The number of amides is 2. The fourth-order valence-corrected chi connectivity index (χ4v) is 2.57. The summed E-state index contributed by atoms with van der Waals surface area (Å²) in [5.41, 5.74) is 4.79. The molecular weight excluding hydrogens is 353 g/mol. The summed E-state index contributed by atoms with van der Waals surface area (Å²) in [6.45, 7) is 1.69. The molecule has 2 amide bonds. The first kappa shape index (κ1) is 18.3. The summed E-state index contributed by atoms with van der Waals surface area (Å²) >= 11 is 11.8. The quantitative estimate of drug-likeness (QED) is 0.690. The van der Waals surface area contributed by atoms with Gasteiger partial charge in [-0.1, -0.05) is 23.2 Å². The Kier molecular flexibility index (Phi) is 5.82. The van der Waals surface area contributed by atoms with E-state index in [9.17, 15) is 9.59 Å². The maximum Gasteiger partial charge on any atom is 0.239 e. The lowest BCUT2D eigenvalue weighted by atomic mass is 10.0. The lowest BCUT2D eigenvalue weighted by Gasteiger charge is -2.27. The average Bonchev–Trinajstić information content (AvgIpc) is 2.96. The van der Waals surface area contributed by atoms with Crippen LogP contribution in [0, 0.1) is 0 Å². The molecule has 0 saturated heterocycles. The molecule has 128 valence electrons. The van der Waals surface area contributed by atoms with E-state index in [4.69, 9.17) is 28.9 Å². The van der Waals surface area contributed by atoms with E-state index in [1.165, 1.54) is 0 Å². The molecule has 0 spiro atoms. The van der Waals surface area contributed by atoms with Crippen molar-refractivity contribution in [2.24, 2.45) is 5.73 Å². The Labute approximate surface area is 149 Å². The number of primary amides is 1. The van der Waals surface area contributed by atoms with Crippen LogP contribution in [0.3, 0.4) is 0 Å². The van der Waals surface area contributed by atoms with Gasteiger partial charge in [-0.25, -0.2) is 0 Å². The number of anilines is 1. The Morgan fingerprint density at radius 1 is 1.29 bits per heavy atom. The van der Waals surface area contributed by atoms with Gasteiger partial charge >= 0.3 is 0 Å². The second-order valence-electron chi connectivity index (χ2n) is 5.46. The van der Waals surface area contributed by atoms with Crippen molar-refractivity contribution in [3.05, 3.63) is 46.7 Å². The van der Waals surface area contributed by atoms with Crippen molar-refractivity contribution in [1.82, 2.24) is 15.1 Å². The number of rotatable bonds is 7. The van der Waals surface area contributed by atoms with Crippen molar-refractivity contribution < 1.29 is 9.59 Å². The molecule has 4 N–H and O–H groups in total. The number of aromatic nitrogens is 2. The van der Waals surface area contributed by atoms with Gasteiger partial charge in [0.15, 0.2) is 0 Å². The first-order chi connectivity index (χ1) is 11.3. The van der Waals surface area contributed by atoms with Crippen LogP contribution in [0.4, 0.5) is 5.69 Å². The highest BCUT2D eigenvalue weighted by atomic mass is 35.5. The van der Waals surface area contributed by atoms with Crippen LogP contribution in [0.5, 0.6) is 0 Å². The molecule has 1 atom stereocenters. The third-order valence-corrected chi connectivity index (χ3v) is 3.80. The second kappa shape index (κ2) is 7.65. The minimum Gasteiger partial charge on any atom is -0.368 e. The number of benzene rings is 1. The first-order valence-corrected chi connectivity index (χ1v) is 7.82. The summed E-state index contributed by atoms with van der Waals surface area (Å²) in [5, 5.41) is 10.4. The fourth-order valence-electron chi connectivity index (χ4n) is 2.05. The van der Waals surface area contributed by atoms with Gasteiger partial charge in [0, 0.05) is 28.1 Å². The number of carbonyl (C=O) groups excluding carboxylic acids is 2. The molecule has 2 rings (SSSR count). The molecule has 9 heteroatoms. The van der Waals surface area contributed by atoms with Crippen LogP contribution in [0.15, 0.2) is 36.7 Å². The Morgan fingerprint density at radius 3 is 2.50 bits per heavy atom. The minimum absolute atomic E-state index is 0.120. The normalized spacial score (nSPS) is 13.3. The van der Waals surface area contributed by atoms with E-state index < -0.39 is 11.4 Å². The lowest BCUT2D eigenvalue weighted by Crippen LogP contribution is -2.57. The molecule has 1 aromatic carbocycles. The predicted molar refractivity (Wildman–Crippen MR) is 92.9 cm³/mol. The summed E-state index contributed by atoms with van der Waals surface area (Å²) < 4.78 is 1.56. The van der Waals surface area contributed by atoms with Crippen LogP contribution in [-0.4, -0.2) is 33.7 Å². The molecule has 0 aliphatic rings. The van der Waals surface area contributed by atoms with E-state index in [-0.39, 0.29) is 19.0 Å². The van der Waals surface area contributed by atoms with Gasteiger partial charge in [-0.2, -0.15) is 5.10 Å². The van der Waals surface area contributed by atoms with Crippen molar-refractivity contribution in [3.63, 3.8) is 0 Å². The number of carbonyl (C=O) groups is 2. The largest absolute Gasteiger partial charge is 0.368 e. The van der Waals surface area contributed by atoms with E-state index in [0.29, 0.717) is 15.7 Å². The maximum absolute atomic E-state index is 12.1. The number of hydrogen-bond acceptors (Lipinski definition) is 4. The van der Waals surface area contributed by atoms with Gasteiger partial charge in [0.25, 0.3) is 0 Å². The van der Waals surface area contributed by atoms with Gasteiger partial charge < -0.3 is 11.1 Å². The number of nitrogens with zero attached hydrogens (tertiary/aromatic N) is 2.